The largest absolute Gasteiger partial charge is 0.351 e. The fourth-order valence-corrected chi connectivity index (χ4v) is 3.52. The van der Waals surface area contributed by atoms with Gasteiger partial charge in [0.05, 0.1) is 6.07 Å². The molecule has 3 nitrogen and oxygen atoms in total. The van der Waals surface area contributed by atoms with E-state index in [1.807, 2.05) is 11.8 Å². The molecule has 2 atom stereocenters. The highest BCUT2D eigenvalue weighted by Gasteiger charge is 2.51. The highest BCUT2D eigenvalue weighted by atomic mass is 32.2. The van der Waals surface area contributed by atoms with Gasteiger partial charge in [0, 0.05) is 11.3 Å². The Balaban J connectivity index is 1.89. The molecule has 2 aliphatic rings. The molecule has 0 saturated heterocycles. The van der Waals surface area contributed by atoms with Gasteiger partial charge in [0.15, 0.2) is 0 Å². The smallest absolute Gasteiger partial charge is 0.240 e. The van der Waals surface area contributed by atoms with E-state index in [1.165, 1.54) is 12.8 Å². The van der Waals surface area contributed by atoms with E-state index in [0.29, 0.717) is 11.3 Å². The number of thioether (sulfide) groups is 1. The van der Waals surface area contributed by atoms with E-state index in [-0.39, 0.29) is 5.91 Å². The molecule has 16 heavy (non-hydrogen) atoms. The molecule has 0 spiro atoms. The second-order valence-corrected chi connectivity index (χ2v) is 6.21. The number of carbonyl (C=O) groups is 1. The highest BCUT2D eigenvalue weighted by Crippen LogP contribution is 2.45. The van der Waals surface area contributed by atoms with Crippen molar-refractivity contribution in [2.45, 2.75) is 50.3 Å². The van der Waals surface area contributed by atoms with Crippen LogP contribution in [0.25, 0.3) is 0 Å². The summed E-state index contributed by atoms with van der Waals surface area (Å²) in [6, 6.07) is 2.45. The predicted molar refractivity (Wildman–Crippen MR) is 65.0 cm³/mol. The Morgan fingerprint density at radius 1 is 1.56 bits per heavy atom. The second-order valence-electron chi connectivity index (χ2n) is 4.70. The van der Waals surface area contributed by atoms with Gasteiger partial charge in [-0.3, -0.25) is 4.79 Å². The van der Waals surface area contributed by atoms with E-state index in [4.69, 9.17) is 5.26 Å². The van der Waals surface area contributed by atoms with Crippen LogP contribution in [0.15, 0.2) is 0 Å². The fraction of sp³-hybridized carbons (Fsp3) is 0.833. The molecule has 4 heteroatoms. The molecule has 0 aromatic rings. The molecular formula is C12H18N2OS. The summed E-state index contributed by atoms with van der Waals surface area (Å²) in [4.78, 5) is 11.9. The molecule has 2 fully saturated rings. The number of hydrogen-bond acceptors (Lipinski definition) is 3. The number of hydrogen-bond donors (Lipinski definition) is 1. The molecule has 0 aromatic carbocycles. The molecule has 0 radical (unpaired) electrons. The Morgan fingerprint density at radius 2 is 2.31 bits per heavy atom. The van der Waals surface area contributed by atoms with Gasteiger partial charge in [-0.25, -0.2) is 0 Å². The zero-order valence-electron chi connectivity index (χ0n) is 9.66. The van der Waals surface area contributed by atoms with Crippen molar-refractivity contribution in [3.05, 3.63) is 0 Å². The van der Waals surface area contributed by atoms with Crippen LogP contribution in [-0.4, -0.2) is 23.0 Å². The summed E-state index contributed by atoms with van der Waals surface area (Å²) >= 11 is 1.93. The molecule has 1 amide bonds. The molecule has 0 bridgehead atoms. The summed E-state index contributed by atoms with van der Waals surface area (Å²) in [5.74, 6) is 1.07. The average Bonchev–Trinajstić information content (AvgIpc) is 2.98. The molecule has 2 saturated carbocycles. The van der Waals surface area contributed by atoms with Crippen molar-refractivity contribution >= 4 is 17.7 Å². The Hall–Kier alpha value is -0.690. The first-order valence-corrected chi connectivity index (χ1v) is 7.10. The lowest BCUT2D eigenvalue weighted by atomic mass is 10.1. The SMILES string of the molecule is CCSC1CCCC1NC(=O)C1(C#N)CC1. The summed E-state index contributed by atoms with van der Waals surface area (Å²) < 4.78 is 0. The Morgan fingerprint density at radius 3 is 2.88 bits per heavy atom. The van der Waals surface area contributed by atoms with Crippen molar-refractivity contribution in [3.63, 3.8) is 0 Å². The minimum absolute atomic E-state index is 0.0244. The van der Waals surface area contributed by atoms with E-state index < -0.39 is 5.41 Å². The van der Waals surface area contributed by atoms with Crippen LogP contribution in [0, 0.1) is 16.7 Å². The molecule has 1 N–H and O–H groups in total. The van der Waals surface area contributed by atoms with E-state index in [0.717, 1.165) is 25.0 Å². The van der Waals surface area contributed by atoms with E-state index in [2.05, 4.69) is 18.3 Å². The van der Waals surface area contributed by atoms with Crippen LogP contribution < -0.4 is 5.32 Å². The third-order valence-electron chi connectivity index (χ3n) is 3.55. The monoisotopic (exact) mass is 238 g/mol. The van der Waals surface area contributed by atoms with Crippen molar-refractivity contribution in [2.24, 2.45) is 5.41 Å². The lowest BCUT2D eigenvalue weighted by molar-refractivity contribution is -0.125. The van der Waals surface area contributed by atoms with Gasteiger partial charge in [-0.2, -0.15) is 17.0 Å². The quantitative estimate of drug-likeness (QED) is 0.816. The maximum absolute atomic E-state index is 11.9. The first-order valence-electron chi connectivity index (χ1n) is 6.05. The van der Waals surface area contributed by atoms with E-state index >= 15 is 0 Å². The van der Waals surface area contributed by atoms with Crippen LogP contribution in [0.5, 0.6) is 0 Å². The normalized spacial score (nSPS) is 30.8. The minimum Gasteiger partial charge on any atom is -0.351 e. The maximum Gasteiger partial charge on any atom is 0.240 e. The van der Waals surface area contributed by atoms with Crippen molar-refractivity contribution in [1.29, 1.82) is 5.26 Å². The van der Waals surface area contributed by atoms with Crippen LogP contribution in [0.2, 0.25) is 0 Å². The van der Waals surface area contributed by atoms with Gasteiger partial charge in [0.2, 0.25) is 5.91 Å². The minimum atomic E-state index is -0.663. The number of nitrogens with one attached hydrogen (secondary N) is 1. The van der Waals surface area contributed by atoms with E-state index in [9.17, 15) is 4.79 Å². The van der Waals surface area contributed by atoms with Gasteiger partial charge in [-0.1, -0.05) is 13.3 Å². The molecular weight excluding hydrogens is 220 g/mol. The number of amides is 1. The summed E-state index contributed by atoms with van der Waals surface area (Å²) in [5, 5.41) is 12.6. The Kier molecular flexibility index (Phi) is 3.44. The van der Waals surface area contributed by atoms with Crippen molar-refractivity contribution in [3.8, 4) is 6.07 Å². The summed E-state index contributed by atoms with van der Waals surface area (Å²) in [7, 11) is 0. The zero-order valence-corrected chi connectivity index (χ0v) is 10.5. The molecule has 0 aliphatic heterocycles. The van der Waals surface area contributed by atoms with Crippen molar-refractivity contribution in [1.82, 2.24) is 5.32 Å². The van der Waals surface area contributed by atoms with Crippen molar-refractivity contribution < 1.29 is 4.79 Å². The first kappa shape index (κ1) is 11.8. The highest BCUT2D eigenvalue weighted by molar-refractivity contribution is 7.99. The van der Waals surface area contributed by atoms with Crippen LogP contribution in [0.1, 0.15) is 39.0 Å². The second kappa shape index (κ2) is 4.67. The topological polar surface area (TPSA) is 52.9 Å². The van der Waals surface area contributed by atoms with Gasteiger partial charge in [0.25, 0.3) is 0 Å². The molecule has 0 heterocycles. The third kappa shape index (κ3) is 2.20. The van der Waals surface area contributed by atoms with E-state index in [1.54, 1.807) is 0 Å². The summed E-state index contributed by atoms with van der Waals surface area (Å²) in [6.45, 7) is 2.15. The van der Waals surface area contributed by atoms with Gasteiger partial charge in [-0.05, 0) is 31.4 Å². The Labute approximate surface area is 101 Å². The van der Waals surface area contributed by atoms with Gasteiger partial charge >= 0.3 is 0 Å². The molecule has 2 unspecified atom stereocenters. The standard InChI is InChI=1S/C12H18N2OS/c1-2-16-10-5-3-4-9(10)14-11(15)12(8-13)6-7-12/h9-10H,2-7H2,1H3,(H,14,15). The van der Waals surface area contributed by atoms with Crippen LogP contribution in [0.3, 0.4) is 0 Å². The van der Waals surface area contributed by atoms with Gasteiger partial charge in [0.1, 0.15) is 5.41 Å². The molecule has 2 aliphatic carbocycles. The zero-order chi connectivity index (χ0) is 11.6. The summed E-state index contributed by atoms with van der Waals surface area (Å²) in [6.07, 6.45) is 4.96. The lowest BCUT2D eigenvalue weighted by Gasteiger charge is -2.21. The molecule has 2 rings (SSSR count). The van der Waals surface area contributed by atoms with Crippen LogP contribution in [-0.2, 0) is 4.79 Å². The number of nitriles is 1. The maximum atomic E-state index is 11.9. The van der Waals surface area contributed by atoms with Crippen LogP contribution in [0.4, 0.5) is 0 Å². The number of carbonyl (C=O) groups excluding carboxylic acids is 1. The predicted octanol–water partition coefficient (Wildman–Crippen LogP) is 2.08. The average molecular weight is 238 g/mol. The van der Waals surface area contributed by atoms with Crippen LogP contribution >= 0.6 is 11.8 Å². The van der Waals surface area contributed by atoms with Gasteiger partial charge in [-0.15, -0.1) is 0 Å². The fourth-order valence-electron chi connectivity index (χ4n) is 2.33. The van der Waals surface area contributed by atoms with Gasteiger partial charge < -0.3 is 5.32 Å². The number of nitrogens with zero attached hydrogens (tertiary/aromatic N) is 1. The lowest BCUT2D eigenvalue weighted by Crippen LogP contribution is -2.42. The van der Waals surface area contributed by atoms with Crippen molar-refractivity contribution in [2.75, 3.05) is 5.75 Å². The first-order chi connectivity index (χ1) is 7.72. The Bertz CT molecular complexity index is 319. The third-order valence-corrected chi connectivity index (χ3v) is 4.87. The number of rotatable bonds is 4. The molecule has 0 aromatic heterocycles. The molecule has 88 valence electrons. The summed E-state index contributed by atoms with van der Waals surface area (Å²) in [5.41, 5.74) is -0.663.